The van der Waals surface area contributed by atoms with Gasteiger partial charge in [0.25, 0.3) is 0 Å². The molecule has 1 saturated heterocycles. The molecule has 0 bridgehead atoms. The fourth-order valence-electron chi connectivity index (χ4n) is 3.34. The Bertz CT molecular complexity index is 997. The van der Waals surface area contributed by atoms with E-state index in [9.17, 15) is 23.9 Å². The Morgan fingerprint density at radius 3 is 2.60 bits per heavy atom. The van der Waals surface area contributed by atoms with Crippen LogP contribution in [-0.4, -0.2) is 34.5 Å². The minimum absolute atomic E-state index is 0.00336. The van der Waals surface area contributed by atoms with E-state index in [1.54, 1.807) is 9.47 Å². The molecule has 1 aromatic heterocycles. The summed E-state index contributed by atoms with van der Waals surface area (Å²) in [4.78, 5) is 36.9. The van der Waals surface area contributed by atoms with Gasteiger partial charge in [-0.25, -0.2) is 9.18 Å². The van der Waals surface area contributed by atoms with Crippen molar-refractivity contribution in [1.82, 2.24) is 4.57 Å². The third-order valence-electron chi connectivity index (χ3n) is 4.70. The summed E-state index contributed by atoms with van der Waals surface area (Å²) in [5, 5.41) is 9.26. The summed E-state index contributed by atoms with van der Waals surface area (Å²) in [5.74, 6) is -2.09. The minimum atomic E-state index is -1.35. The Morgan fingerprint density at radius 2 is 2.04 bits per heavy atom. The number of Topliss-reactive ketones (excluding diaryl/α,β-unsaturated/α-hetero) is 1. The van der Waals surface area contributed by atoms with Crippen LogP contribution in [0, 0.1) is 5.82 Å². The maximum absolute atomic E-state index is 14.7. The first-order valence-electron chi connectivity index (χ1n) is 7.95. The number of carbonyl (C=O) groups excluding carboxylic acids is 1. The number of aromatic nitrogens is 1. The maximum Gasteiger partial charge on any atom is 0.341 e. The molecule has 0 spiro atoms. The Hall–Kier alpha value is -2.41. The van der Waals surface area contributed by atoms with Gasteiger partial charge in [0.1, 0.15) is 11.4 Å². The highest BCUT2D eigenvalue weighted by molar-refractivity contribution is 6.38. The van der Waals surface area contributed by atoms with Crippen LogP contribution in [0.3, 0.4) is 0 Å². The highest BCUT2D eigenvalue weighted by Crippen LogP contribution is 2.42. The second-order valence-corrected chi connectivity index (χ2v) is 6.82. The van der Waals surface area contributed by atoms with Crippen LogP contribution >= 0.6 is 11.6 Å². The molecule has 2 aromatic rings. The van der Waals surface area contributed by atoms with Gasteiger partial charge >= 0.3 is 5.97 Å². The normalized spacial score (nSPS) is 17.5. The van der Waals surface area contributed by atoms with Crippen LogP contribution in [0.15, 0.2) is 17.1 Å². The highest BCUT2D eigenvalue weighted by Gasteiger charge is 2.31. The van der Waals surface area contributed by atoms with E-state index in [0.717, 1.165) is 18.9 Å². The number of anilines is 1. The lowest BCUT2D eigenvalue weighted by atomic mass is 10.1. The maximum atomic E-state index is 14.7. The Labute approximate surface area is 146 Å². The van der Waals surface area contributed by atoms with Crippen molar-refractivity contribution in [3.63, 3.8) is 0 Å². The van der Waals surface area contributed by atoms with Crippen LogP contribution in [0.25, 0.3) is 10.9 Å². The Morgan fingerprint density at radius 1 is 1.32 bits per heavy atom. The lowest BCUT2D eigenvalue weighted by Gasteiger charge is -2.22. The first-order chi connectivity index (χ1) is 11.9. The largest absolute Gasteiger partial charge is 0.477 e. The number of nitrogens with zero attached hydrogens (tertiary/aromatic N) is 2. The molecular weight excluding hydrogens is 351 g/mol. The van der Waals surface area contributed by atoms with Gasteiger partial charge in [-0.15, -0.1) is 0 Å². The molecule has 0 unspecified atom stereocenters. The lowest BCUT2D eigenvalue weighted by molar-refractivity contribution is -0.116. The summed E-state index contributed by atoms with van der Waals surface area (Å²) in [5.41, 5.74) is -0.741. The van der Waals surface area contributed by atoms with Gasteiger partial charge in [-0.3, -0.25) is 9.59 Å². The van der Waals surface area contributed by atoms with Crippen LogP contribution in [0.2, 0.25) is 5.02 Å². The van der Waals surface area contributed by atoms with E-state index in [1.807, 2.05) is 0 Å². The zero-order chi connectivity index (χ0) is 17.9. The predicted molar refractivity (Wildman–Crippen MR) is 90.2 cm³/mol. The number of aromatic carboxylic acids is 1. The molecular formula is C17H14ClFN2O4. The van der Waals surface area contributed by atoms with E-state index in [4.69, 9.17) is 11.6 Å². The molecule has 0 atom stereocenters. The van der Waals surface area contributed by atoms with Crippen molar-refractivity contribution < 1.29 is 19.1 Å². The number of carboxylic acids is 1. The fraction of sp³-hybridized carbons (Fsp3) is 0.353. The van der Waals surface area contributed by atoms with Crippen LogP contribution in [-0.2, 0) is 4.79 Å². The summed E-state index contributed by atoms with van der Waals surface area (Å²) in [7, 11) is 0. The summed E-state index contributed by atoms with van der Waals surface area (Å²) >= 11 is 6.46. The predicted octanol–water partition coefficient (Wildman–Crippen LogP) is 2.61. The van der Waals surface area contributed by atoms with Gasteiger partial charge in [-0.2, -0.15) is 0 Å². The molecule has 6 nitrogen and oxygen atoms in total. The summed E-state index contributed by atoms with van der Waals surface area (Å²) < 4.78 is 16.3. The summed E-state index contributed by atoms with van der Waals surface area (Å²) in [6, 6.07) is 1.07. The average Bonchev–Trinajstić information content (AvgIpc) is 3.30. The quantitative estimate of drug-likeness (QED) is 0.905. The van der Waals surface area contributed by atoms with E-state index in [1.165, 1.54) is 6.20 Å². The zero-order valence-electron chi connectivity index (χ0n) is 13.1. The zero-order valence-corrected chi connectivity index (χ0v) is 13.8. The van der Waals surface area contributed by atoms with Crippen LogP contribution in [0.1, 0.15) is 35.7 Å². The standard InChI is InChI=1S/C17H14ClFN2O4/c18-13-14-10(5-12(19)15(13)20-4-3-9(22)6-20)16(23)11(17(24)25)7-21(14)8-1-2-8/h5,7-8H,1-4,6H2,(H,24,25). The van der Waals surface area contributed by atoms with Gasteiger partial charge in [0.2, 0.25) is 5.43 Å². The molecule has 1 aromatic carbocycles. The van der Waals surface area contributed by atoms with Crippen molar-refractivity contribution in [2.24, 2.45) is 0 Å². The molecule has 2 heterocycles. The average molecular weight is 365 g/mol. The van der Waals surface area contributed by atoms with E-state index < -0.39 is 22.8 Å². The molecule has 8 heteroatoms. The molecule has 130 valence electrons. The number of halogens is 2. The van der Waals surface area contributed by atoms with Crippen molar-refractivity contribution in [2.75, 3.05) is 18.0 Å². The molecule has 0 amide bonds. The molecule has 0 radical (unpaired) electrons. The van der Waals surface area contributed by atoms with Gasteiger partial charge in [0.05, 0.1) is 28.2 Å². The smallest absolute Gasteiger partial charge is 0.341 e. The van der Waals surface area contributed by atoms with Gasteiger partial charge in [0.15, 0.2) is 5.78 Å². The van der Waals surface area contributed by atoms with Crippen molar-refractivity contribution in [2.45, 2.75) is 25.3 Å². The number of ketones is 1. The fourth-order valence-corrected chi connectivity index (χ4v) is 3.75. The minimum Gasteiger partial charge on any atom is -0.477 e. The van der Waals surface area contributed by atoms with Crippen molar-refractivity contribution in [3.05, 3.63) is 38.9 Å². The number of pyridine rings is 1. The SMILES string of the molecule is O=C1CCN(c2c(F)cc3c(=O)c(C(=O)O)cn(C4CC4)c3c2Cl)C1. The third-order valence-corrected chi connectivity index (χ3v) is 5.06. The van der Waals surface area contributed by atoms with E-state index in [-0.39, 0.29) is 34.5 Å². The van der Waals surface area contributed by atoms with Crippen LogP contribution in [0.5, 0.6) is 0 Å². The van der Waals surface area contributed by atoms with Crippen molar-refractivity contribution in [3.8, 4) is 0 Å². The first-order valence-corrected chi connectivity index (χ1v) is 8.33. The number of hydrogen-bond donors (Lipinski definition) is 1. The van der Waals surface area contributed by atoms with E-state index in [0.29, 0.717) is 18.5 Å². The van der Waals surface area contributed by atoms with Crippen molar-refractivity contribution in [1.29, 1.82) is 0 Å². The van der Waals surface area contributed by atoms with Gasteiger partial charge in [-0.05, 0) is 18.9 Å². The Kier molecular flexibility index (Phi) is 3.57. The molecule has 4 rings (SSSR count). The Balaban J connectivity index is 2.04. The monoisotopic (exact) mass is 364 g/mol. The number of benzene rings is 1. The summed E-state index contributed by atoms with van der Waals surface area (Å²) in [6.45, 7) is 0.435. The lowest BCUT2D eigenvalue weighted by Crippen LogP contribution is -2.23. The molecule has 1 N–H and O–H groups in total. The second kappa shape index (κ2) is 5.56. The third kappa shape index (κ3) is 2.50. The number of rotatable bonds is 3. The molecule has 2 aliphatic rings. The topological polar surface area (TPSA) is 79.6 Å². The van der Waals surface area contributed by atoms with E-state index in [2.05, 4.69) is 0 Å². The van der Waals surface area contributed by atoms with E-state index >= 15 is 0 Å². The molecule has 1 aliphatic heterocycles. The summed E-state index contributed by atoms with van der Waals surface area (Å²) in [6.07, 6.45) is 3.28. The molecule has 1 aliphatic carbocycles. The number of carbonyl (C=O) groups is 2. The molecule has 1 saturated carbocycles. The molecule has 25 heavy (non-hydrogen) atoms. The van der Waals surface area contributed by atoms with Crippen molar-refractivity contribution >= 4 is 39.9 Å². The number of hydrogen-bond acceptors (Lipinski definition) is 4. The number of fused-ring (bicyclic) bond motifs is 1. The van der Waals surface area contributed by atoms with Crippen LogP contribution in [0.4, 0.5) is 10.1 Å². The van der Waals surface area contributed by atoms with Gasteiger partial charge in [-0.1, -0.05) is 11.6 Å². The number of carboxylic acid groups (broad SMARTS) is 1. The van der Waals surface area contributed by atoms with Gasteiger partial charge in [0, 0.05) is 25.2 Å². The van der Waals surface area contributed by atoms with Crippen LogP contribution < -0.4 is 10.3 Å². The first kappa shape index (κ1) is 16.1. The highest BCUT2D eigenvalue weighted by atomic mass is 35.5. The second-order valence-electron chi connectivity index (χ2n) is 6.44. The van der Waals surface area contributed by atoms with Gasteiger partial charge < -0.3 is 14.6 Å². The molecule has 2 fully saturated rings.